The molecule has 0 unspecified atom stereocenters. The Morgan fingerprint density at radius 3 is 1.46 bits per heavy atom. The summed E-state index contributed by atoms with van der Waals surface area (Å²) in [6, 6.07) is 79.4. The molecule has 0 N–H and O–H groups in total. The van der Waals surface area contributed by atoms with E-state index in [2.05, 4.69) is 242 Å². The van der Waals surface area contributed by atoms with Crippen LogP contribution in [0.5, 0.6) is 0 Å². The second-order valence-electron chi connectivity index (χ2n) is 15.4. The molecule has 9 aromatic carbocycles. The number of hydrogen-bond donors (Lipinski definition) is 0. The Hall–Kier alpha value is -7.16. The van der Waals surface area contributed by atoms with E-state index in [1.807, 2.05) is 0 Å². The second kappa shape index (κ2) is 14.2. The molecular weight excluding hydrogens is 689 g/mol. The predicted octanol–water partition coefficient (Wildman–Crippen LogP) is 15.4. The maximum atomic E-state index is 2.43. The molecule has 0 aromatic heterocycles. The largest absolute Gasteiger partial charge is 0.310 e. The summed E-state index contributed by atoms with van der Waals surface area (Å²) < 4.78 is 0. The van der Waals surface area contributed by atoms with E-state index in [1.165, 1.54) is 44.2 Å². The molecule has 1 aliphatic rings. The van der Waals surface area contributed by atoms with Gasteiger partial charge in [0.05, 0.1) is 0 Å². The van der Waals surface area contributed by atoms with Crippen LogP contribution in [0.15, 0.2) is 218 Å². The van der Waals surface area contributed by atoms with Crippen LogP contribution < -0.4 is 9.80 Å². The van der Waals surface area contributed by atoms with Crippen LogP contribution in [0, 0.1) is 0 Å². The van der Waals surface area contributed by atoms with Gasteiger partial charge in [0, 0.05) is 39.5 Å². The Labute approximate surface area is 335 Å². The highest BCUT2D eigenvalue weighted by atomic mass is 15.2. The number of anilines is 6. The molecule has 9 aromatic rings. The van der Waals surface area contributed by atoms with Gasteiger partial charge in [-0.15, -0.1) is 0 Å². The third kappa shape index (κ3) is 6.16. The second-order valence-corrected chi connectivity index (χ2v) is 15.4. The van der Waals surface area contributed by atoms with Gasteiger partial charge in [0.25, 0.3) is 0 Å². The fourth-order valence-electron chi connectivity index (χ4n) is 8.81. The van der Waals surface area contributed by atoms with Crippen molar-refractivity contribution in [2.45, 2.75) is 19.3 Å². The molecule has 0 saturated heterocycles. The third-order valence-electron chi connectivity index (χ3n) is 11.6. The van der Waals surface area contributed by atoms with Crippen LogP contribution in [0.2, 0.25) is 0 Å². The van der Waals surface area contributed by atoms with E-state index in [0.29, 0.717) is 0 Å². The molecule has 0 atom stereocenters. The summed E-state index contributed by atoms with van der Waals surface area (Å²) in [5.74, 6) is 0. The standard InChI is InChI=1S/C55H42N2/c1-55(2)53-29-16-15-27-51(53)52-33-31-46(38-54(52)55)57(45-25-13-6-14-26-45)48-36-42(35-47(37-48)56(43-21-9-4-10-22-43)44-23-11-5-12-24-44)40-30-32-50-41(34-40)20-17-28-49(50)39-18-7-3-8-19-39/h3-38H,1-2H3. The van der Waals surface area contributed by atoms with E-state index in [-0.39, 0.29) is 5.41 Å². The summed E-state index contributed by atoms with van der Waals surface area (Å²) in [6.07, 6.45) is 0. The Balaban J connectivity index is 1.20. The minimum Gasteiger partial charge on any atom is -0.310 e. The van der Waals surface area contributed by atoms with Crippen LogP contribution in [0.3, 0.4) is 0 Å². The van der Waals surface area contributed by atoms with E-state index in [9.17, 15) is 0 Å². The topological polar surface area (TPSA) is 6.48 Å². The lowest BCUT2D eigenvalue weighted by Crippen LogP contribution is -2.17. The van der Waals surface area contributed by atoms with Gasteiger partial charge >= 0.3 is 0 Å². The monoisotopic (exact) mass is 730 g/mol. The molecule has 0 aliphatic heterocycles. The maximum Gasteiger partial charge on any atom is 0.0488 e. The zero-order valence-electron chi connectivity index (χ0n) is 32.2. The van der Waals surface area contributed by atoms with Gasteiger partial charge in [-0.05, 0) is 128 Å². The SMILES string of the molecule is CC1(C)c2ccccc2-c2ccc(N(c3ccccc3)c3cc(-c4ccc5c(-c6ccccc6)cccc5c4)cc(N(c4ccccc4)c4ccccc4)c3)cc21. The first-order valence-corrected chi connectivity index (χ1v) is 19.8. The van der Waals surface area contributed by atoms with Crippen LogP contribution >= 0.6 is 0 Å². The minimum atomic E-state index is -0.127. The minimum absolute atomic E-state index is 0.127. The van der Waals surface area contributed by atoms with Crippen molar-refractivity contribution in [1.29, 1.82) is 0 Å². The highest BCUT2D eigenvalue weighted by molar-refractivity contribution is 5.99. The first kappa shape index (κ1) is 34.3. The number of nitrogens with zero attached hydrogens (tertiary/aromatic N) is 2. The molecule has 0 fully saturated rings. The smallest absolute Gasteiger partial charge is 0.0488 e. The van der Waals surface area contributed by atoms with Crippen molar-refractivity contribution in [3.05, 3.63) is 230 Å². The van der Waals surface area contributed by atoms with E-state index in [0.717, 1.165) is 45.3 Å². The molecule has 0 radical (unpaired) electrons. The van der Waals surface area contributed by atoms with E-state index >= 15 is 0 Å². The van der Waals surface area contributed by atoms with Crippen molar-refractivity contribution in [1.82, 2.24) is 0 Å². The van der Waals surface area contributed by atoms with Crippen LogP contribution in [0.1, 0.15) is 25.0 Å². The van der Waals surface area contributed by atoms with E-state index < -0.39 is 0 Å². The lowest BCUT2D eigenvalue weighted by Gasteiger charge is -2.31. The van der Waals surface area contributed by atoms with Crippen LogP contribution in [0.25, 0.3) is 44.2 Å². The van der Waals surface area contributed by atoms with Crippen LogP contribution in [-0.2, 0) is 5.41 Å². The van der Waals surface area contributed by atoms with Gasteiger partial charge < -0.3 is 9.80 Å². The zero-order chi connectivity index (χ0) is 38.3. The van der Waals surface area contributed by atoms with Crippen LogP contribution in [0.4, 0.5) is 34.1 Å². The summed E-state index contributed by atoms with van der Waals surface area (Å²) in [5, 5.41) is 2.45. The molecule has 0 saturated carbocycles. The highest BCUT2D eigenvalue weighted by Gasteiger charge is 2.35. The number of fused-ring (bicyclic) bond motifs is 4. The molecule has 10 rings (SSSR count). The van der Waals surface area contributed by atoms with Gasteiger partial charge in [-0.1, -0.05) is 159 Å². The average Bonchev–Trinajstić information content (AvgIpc) is 3.50. The summed E-state index contributed by atoms with van der Waals surface area (Å²) in [5.41, 5.74) is 16.6. The Morgan fingerprint density at radius 2 is 0.825 bits per heavy atom. The number of hydrogen-bond acceptors (Lipinski definition) is 2. The van der Waals surface area contributed by atoms with E-state index in [4.69, 9.17) is 0 Å². The first-order chi connectivity index (χ1) is 28.0. The van der Waals surface area contributed by atoms with E-state index in [1.54, 1.807) is 0 Å². The highest BCUT2D eigenvalue weighted by Crippen LogP contribution is 2.51. The first-order valence-electron chi connectivity index (χ1n) is 19.8. The van der Waals surface area contributed by atoms with Gasteiger partial charge in [0.15, 0.2) is 0 Å². The van der Waals surface area contributed by atoms with Crippen molar-refractivity contribution in [3.63, 3.8) is 0 Å². The summed E-state index contributed by atoms with van der Waals surface area (Å²) in [6.45, 7) is 4.71. The maximum absolute atomic E-state index is 2.43. The normalized spacial score (nSPS) is 12.5. The van der Waals surface area contributed by atoms with Crippen molar-refractivity contribution in [3.8, 4) is 33.4 Å². The Morgan fingerprint density at radius 1 is 0.298 bits per heavy atom. The zero-order valence-corrected chi connectivity index (χ0v) is 32.2. The molecule has 2 nitrogen and oxygen atoms in total. The van der Waals surface area contributed by atoms with Gasteiger partial charge in [0.1, 0.15) is 0 Å². The molecular formula is C55H42N2. The van der Waals surface area contributed by atoms with Gasteiger partial charge in [-0.2, -0.15) is 0 Å². The van der Waals surface area contributed by atoms with Gasteiger partial charge in [0.2, 0.25) is 0 Å². The molecule has 272 valence electrons. The van der Waals surface area contributed by atoms with Crippen molar-refractivity contribution in [2.24, 2.45) is 0 Å². The summed E-state index contributed by atoms with van der Waals surface area (Å²) in [7, 11) is 0. The lowest BCUT2D eigenvalue weighted by molar-refractivity contribution is 0.660. The Kier molecular flexibility index (Phi) is 8.53. The van der Waals surface area contributed by atoms with Gasteiger partial charge in [-0.3, -0.25) is 0 Å². The molecule has 0 spiro atoms. The molecule has 2 heteroatoms. The van der Waals surface area contributed by atoms with Crippen molar-refractivity contribution in [2.75, 3.05) is 9.80 Å². The summed E-state index contributed by atoms with van der Waals surface area (Å²) in [4.78, 5) is 4.79. The van der Waals surface area contributed by atoms with Gasteiger partial charge in [-0.25, -0.2) is 0 Å². The molecule has 1 aliphatic carbocycles. The molecule has 0 heterocycles. The fraction of sp³-hybridized carbons (Fsp3) is 0.0545. The fourth-order valence-corrected chi connectivity index (χ4v) is 8.81. The average molecular weight is 731 g/mol. The third-order valence-corrected chi connectivity index (χ3v) is 11.6. The molecule has 0 amide bonds. The van der Waals surface area contributed by atoms with Crippen LogP contribution in [-0.4, -0.2) is 0 Å². The number of para-hydroxylation sites is 3. The number of benzene rings is 9. The molecule has 0 bridgehead atoms. The van der Waals surface area contributed by atoms with Crippen molar-refractivity contribution >= 4 is 44.9 Å². The summed E-state index contributed by atoms with van der Waals surface area (Å²) >= 11 is 0. The number of rotatable bonds is 8. The quantitative estimate of drug-likeness (QED) is 0.154. The van der Waals surface area contributed by atoms with Crippen molar-refractivity contribution < 1.29 is 0 Å². The molecule has 57 heavy (non-hydrogen) atoms. The predicted molar refractivity (Wildman–Crippen MR) is 242 cm³/mol. The lowest BCUT2D eigenvalue weighted by atomic mass is 9.82. The Bertz CT molecular complexity index is 2820.